The molecule has 35 heavy (non-hydrogen) atoms. The third kappa shape index (κ3) is 4.40. The number of carboxylic acid groups (broad SMARTS) is 1. The van der Waals surface area contributed by atoms with Crippen molar-refractivity contribution in [3.8, 4) is 11.3 Å². The number of carbonyl (C=O) groups is 1. The zero-order chi connectivity index (χ0) is 24.7. The number of pyridine rings is 2. The summed E-state index contributed by atoms with van der Waals surface area (Å²) in [4.78, 5) is 39.4. The average Bonchev–Trinajstić information content (AvgIpc) is 2.83. The number of carboxylic acids is 1. The summed E-state index contributed by atoms with van der Waals surface area (Å²) in [5, 5.41) is 9.81. The van der Waals surface area contributed by atoms with Gasteiger partial charge in [-0.1, -0.05) is 0 Å². The van der Waals surface area contributed by atoms with Gasteiger partial charge in [0, 0.05) is 41.8 Å². The van der Waals surface area contributed by atoms with E-state index in [0.717, 1.165) is 17.7 Å². The molecule has 1 aliphatic heterocycles. The lowest BCUT2D eigenvalue weighted by molar-refractivity contribution is 0.00381. The van der Waals surface area contributed by atoms with Crippen molar-refractivity contribution >= 4 is 17.0 Å². The van der Waals surface area contributed by atoms with Gasteiger partial charge in [0.2, 0.25) is 5.56 Å². The van der Waals surface area contributed by atoms with Gasteiger partial charge in [-0.2, -0.15) is 0 Å². The largest absolute Gasteiger partial charge is 0.478 e. The average molecular weight is 478 g/mol. The maximum Gasteiger partial charge on any atom is 0.337 e. The van der Waals surface area contributed by atoms with E-state index in [1.807, 2.05) is 0 Å². The third-order valence-corrected chi connectivity index (χ3v) is 6.14. The van der Waals surface area contributed by atoms with E-state index in [1.165, 1.54) is 18.2 Å². The van der Waals surface area contributed by atoms with Crippen molar-refractivity contribution < 1.29 is 23.4 Å². The summed E-state index contributed by atoms with van der Waals surface area (Å²) in [6.07, 6.45) is 2.41. The SMILES string of the molecule is Cc1nc2nc([C@H]3CCO[C@@H](c4ccc(=O)[nH]c4)C3)nc(-c3ccc(F)cc3F)c2cc1C(=O)O. The molecule has 5 rings (SSSR count). The number of aryl methyl sites for hydroxylation is 1. The van der Waals surface area contributed by atoms with Crippen LogP contribution in [0.4, 0.5) is 8.78 Å². The Bertz CT molecular complexity index is 1500. The molecule has 0 amide bonds. The first-order valence-corrected chi connectivity index (χ1v) is 11.0. The van der Waals surface area contributed by atoms with E-state index in [-0.39, 0.29) is 51.1 Å². The van der Waals surface area contributed by atoms with Crippen LogP contribution in [-0.2, 0) is 4.74 Å². The molecule has 0 radical (unpaired) electrons. The smallest absolute Gasteiger partial charge is 0.337 e. The van der Waals surface area contributed by atoms with Gasteiger partial charge < -0.3 is 14.8 Å². The van der Waals surface area contributed by atoms with Gasteiger partial charge >= 0.3 is 5.97 Å². The summed E-state index contributed by atoms with van der Waals surface area (Å²) in [6, 6.07) is 7.64. The van der Waals surface area contributed by atoms with Crippen LogP contribution in [0.1, 0.15) is 52.3 Å². The molecule has 0 bridgehead atoms. The zero-order valence-corrected chi connectivity index (χ0v) is 18.6. The van der Waals surface area contributed by atoms with E-state index in [4.69, 9.17) is 4.74 Å². The fraction of sp³-hybridized carbons (Fsp3) is 0.240. The van der Waals surface area contributed by atoms with Crippen LogP contribution in [0.25, 0.3) is 22.3 Å². The number of fused-ring (bicyclic) bond motifs is 1. The fourth-order valence-electron chi connectivity index (χ4n) is 4.33. The van der Waals surface area contributed by atoms with E-state index < -0.39 is 17.6 Å². The minimum absolute atomic E-state index is 0.0197. The maximum absolute atomic E-state index is 14.8. The second-order valence-electron chi connectivity index (χ2n) is 8.42. The number of H-pyrrole nitrogens is 1. The highest BCUT2D eigenvalue weighted by molar-refractivity contribution is 5.97. The molecule has 4 heterocycles. The van der Waals surface area contributed by atoms with Crippen molar-refractivity contribution in [1.29, 1.82) is 0 Å². The number of benzene rings is 1. The quantitative estimate of drug-likeness (QED) is 0.449. The Morgan fingerprint density at radius 3 is 2.69 bits per heavy atom. The highest BCUT2D eigenvalue weighted by atomic mass is 19.1. The second kappa shape index (κ2) is 8.95. The Labute approximate surface area is 197 Å². The molecule has 1 aliphatic rings. The molecule has 1 saturated heterocycles. The molecule has 2 atom stereocenters. The Hall–Kier alpha value is -4.05. The topological polar surface area (TPSA) is 118 Å². The maximum atomic E-state index is 14.8. The van der Waals surface area contributed by atoms with Gasteiger partial charge in [0.25, 0.3) is 0 Å². The highest BCUT2D eigenvalue weighted by Gasteiger charge is 2.29. The Kier molecular flexibility index (Phi) is 5.81. The fourth-order valence-corrected chi connectivity index (χ4v) is 4.33. The highest BCUT2D eigenvalue weighted by Crippen LogP contribution is 2.38. The van der Waals surface area contributed by atoms with Crippen LogP contribution in [0, 0.1) is 18.6 Å². The summed E-state index contributed by atoms with van der Waals surface area (Å²) in [7, 11) is 0. The predicted octanol–water partition coefficient (Wildman–Crippen LogP) is 4.30. The number of nitrogens with zero attached hydrogens (tertiary/aromatic N) is 3. The number of hydrogen-bond acceptors (Lipinski definition) is 6. The first kappa shape index (κ1) is 22.7. The van der Waals surface area contributed by atoms with Gasteiger partial charge in [0.05, 0.1) is 23.1 Å². The number of aromatic amines is 1. The monoisotopic (exact) mass is 478 g/mol. The lowest BCUT2D eigenvalue weighted by Gasteiger charge is -2.29. The molecule has 0 saturated carbocycles. The third-order valence-electron chi connectivity index (χ3n) is 6.14. The Balaban J connectivity index is 1.64. The number of nitrogens with one attached hydrogen (secondary N) is 1. The molecule has 178 valence electrons. The van der Waals surface area contributed by atoms with Gasteiger partial charge in [0.15, 0.2) is 5.65 Å². The molecule has 0 aliphatic carbocycles. The van der Waals surface area contributed by atoms with Gasteiger partial charge in [-0.3, -0.25) is 4.79 Å². The molecular weight excluding hydrogens is 458 g/mol. The Morgan fingerprint density at radius 1 is 1.14 bits per heavy atom. The van der Waals surface area contributed by atoms with Crippen molar-refractivity contribution in [3.63, 3.8) is 0 Å². The number of halogens is 2. The first-order chi connectivity index (χ1) is 16.8. The molecule has 2 N–H and O–H groups in total. The van der Waals surface area contributed by atoms with Crippen LogP contribution in [-0.4, -0.2) is 37.6 Å². The molecule has 0 spiro atoms. The number of hydrogen-bond donors (Lipinski definition) is 2. The summed E-state index contributed by atoms with van der Waals surface area (Å²) in [5.41, 5.74) is 1.19. The van der Waals surface area contributed by atoms with Crippen molar-refractivity contribution in [3.05, 3.63) is 87.2 Å². The van der Waals surface area contributed by atoms with Crippen molar-refractivity contribution in [1.82, 2.24) is 19.9 Å². The normalized spacial score (nSPS) is 18.0. The summed E-state index contributed by atoms with van der Waals surface area (Å²) in [5.74, 6) is -2.51. The van der Waals surface area contributed by atoms with E-state index in [9.17, 15) is 23.5 Å². The lowest BCUT2D eigenvalue weighted by atomic mass is 9.91. The van der Waals surface area contributed by atoms with E-state index in [1.54, 1.807) is 19.2 Å². The number of rotatable bonds is 4. The van der Waals surface area contributed by atoms with E-state index in [2.05, 4.69) is 19.9 Å². The predicted molar refractivity (Wildman–Crippen MR) is 122 cm³/mol. The summed E-state index contributed by atoms with van der Waals surface area (Å²) < 4.78 is 34.3. The van der Waals surface area contributed by atoms with Crippen LogP contribution in [0.5, 0.6) is 0 Å². The summed E-state index contributed by atoms with van der Waals surface area (Å²) in [6.45, 7) is 1.98. The number of aromatic nitrogens is 4. The molecular formula is C25H20F2N4O4. The first-order valence-electron chi connectivity index (χ1n) is 11.0. The van der Waals surface area contributed by atoms with Crippen molar-refractivity contribution in [2.75, 3.05) is 6.61 Å². The van der Waals surface area contributed by atoms with Crippen LogP contribution in [0.2, 0.25) is 0 Å². The molecule has 1 fully saturated rings. The molecule has 4 aromatic rings. The van der Waals surface area contributed by atoms with Crippen LogP contribution in [0.15, 0.2) is 47.4 Å². The second-order valence-corrected chi connectivity index (χ2v) is 8.42. The standard InChI is InChI=1S/C25H20F2N4O4/c1-12-17(25(33)34)10-18-22(16-4-3-15(26)9-19(16)27)30-23(31-24(18)29-12)13-6-7-35-20(8-13)14-2-5-21(32)28-11-14/h2-5,9-11,13,20H,6-8H2,1H3,(H,28,32)(H,33,34)/t13-,20+/m0/s1. The van der Waals surface area contributed by atoms with Crippen LogP contribution >= 0.6 is 0 Å². The van der Waals surface area contributed by atoms with E-state index >= 15 is 0 Å². The Morgan fingerprint density at radius 2 is 1.97 bits per heavy atom. The number of aromatic carboxylic acids is 1. The molecule has 1 aromatic carbocycles. The number of ether oxygens (including phenoxy) is 1. The van der Waals surface area contributed by atoms with Crippen LogP contribution in [0.3, 0.4) is 0 Å². The molecule has 0 unspecified atom stereocenters. The van der Waals surface area contributed by atoms with Crippen LogP contribution < -0.4 is 5.56 Å². The molecule has 3 aromatic heterocycles. The zero-order valence-electron chi connectivity index (χ0n) is 18.6. The van der Waals surface area contributed by atoms with E-state index in [0.29, 0.717) is 25.3 Å². The minimum Gasteiger partial charge on any atom is -0.478 e. The van der Waals surface area contributed by atoms with Crippen molar-refractivity contribution in [2.24, 2.45) is 0 Å². The lowest BCUT2D eigenvalue weighted by Crippen LogP contribution is -2.21. The molecule has 8 nitrogen and oxygen atoms in total. The van der Waals surface area contributed by atoms with Gasteiger partial charge in [-0.05, 0) is 49.6 Å². The van der Waals surface area contributed by atoms with Gasteiger partial charge in [-0.15, -0.1) is 0 Å². The molecule has 10 heteroatoms. The minimum atomic E-state index is -1.18. The van der Waals surface area contributed by atoms with Crippen molar-refractivity contribution in [2.45, 2.75) is 31.8 Å². The summed E-state index contributed by atoms with van der Waals surface area (Å²) >= 11 is 0. The van der Waals surface area contributed by atoms with Gasteiger partial charge in [-0.25, -0.2) is 28.5 Å². The van der Waals surface area contributed by atoms with Gasteiger partial charge in [0.1, 0.15) is 17.5 Å².